The van der Waals surface area contributed by atoms with Crippen LogP contribution in [0.25, 0.3) is 0 Å². The molecule has 1 aromatic carbocycles. The Bertz CT molecular complexity index is 695. The topological polar surface area (TPSA) is 99.6 Å². The summed E-state index contributed by atoms with van der Waals surface area (Å²) in [6, 6.07) is 3.17. The molecule has 0 fully saturated rings. The Morgan fingerprint density at radius 2 is 1.86 bits per heavy atom. The predicted molar refractivity (Wildman–Crippen MR) is 69.3 cm³/mol. The highest BCUT2D eigenvalue weighted by atomic mass is 32.2. The third kappa shape index (κ3) is 2.99. The second-order valence-corrected chi connectivity index (χ2v) is 6.23. The average Bonchev–Trinajstić information content (AvgIpc) is 2.88. The number of halogens is 3. The van der Waals surface area contributed by atoms with Crippen molar-refractivity contribution in [2.45, 2.75) is 17.5 Å². The SMILES string of the molecule is N=C(N)N1CCC(S(=O)(=O)c2ccc(C(F)(F)F)cc2)=N1. The van der Waals surface area contributed by atoms with E-state index in [1.54, 1.807) is 0 Å². The van der Waals surface area contributed by atoms with Crippen LogP contribution in [0.15, 0.2) is 34.3 Å². The number of rotatable bonds is 1. The van der Waals surface area contributed by atoms with Crippen molar-refractivity contribution in [2.24, 2.45) is 10.8 Å². The van der Waals surface area contributed by atoms with Crippen LogP contribution in [-0.4, -0.2) is 31.0 Å². The van der Waals surface area contributed by atoms with Gasteiger partial charge >= 0.3 is 6.18 Å². The van der Waals surface area contributed by atoms with E-state index in [0.29, 0.717) is 12.1 Å². The number of alkyl halides is 3. The predicted octanol–water partition coefficient (Wildman–Crippen LogP) is 1.39. The molecule has 0 unspecified atom stereocenters. The van der Waals surface area contributed by atoms with E-state index >= 15 is 0 Å². The molecule has 0 saturated carbocycles. The molecule has 2 rings (SSSR count). The third-order valence-electron chi connectivity index (χ3n) is 2.85. The fourth-order valence-corrected chi connectivity index (χ4v) is 3.09. The second kappa shape index (κ2) is 5.02. The first kappa shape index (κ1) is 15.3. The monoisotopic (exact) mass is 320 g/mol. The van der Waals surface area contributed by atoms with Gasteiger partial charge in [0.2, 0.25) is 15.8 Å². The number of nitrogens with two attached hydrogens (primary N) is 1. The van der Waals surface area contributed by atoms with Crippen molar-refractivity contribution >= 4 is 20.8 Å². The zero-order chi connectivity index (χ0) is 15.8. The lowest BCUT2D eigenvalue weighted by atomic mass is 10.2. The van der Waals surface area contributed by atoms with Crippen LogP contribution in [0.5, 0.6) is 0 Å². The van der Waals surface area contributed by atoms with Crippen molar-refractivity contribution in [1.82, 2.24) is 5.01 Å². The van der Waals surface area contributed by atoms with Gasteiger partial charge in [0.25, 0.3) is 0 Å². The Kier molecular flexibility index (Phi) is 3.66. The summed E-state index contributed by atoms with van der Waals surface area (Å²) in [7, 11) is -3.98. The molecular weight excluding hydrogens is 309 g/mol. The first-order chi connectivity index (χ1) is 9.62. The fourth-order valence-electron chi connectivity index (χ4n) is 1.76. The van der Waals surface area contributed by atoms with E-state index in [4.69, 9.17) is 11.1 Å². The molecule has 1 aliphatic heterocycles. The van der Waals surface area contributed by atoms with Crippen molar-refractivity contribution in [3.63, 3.8) is 0 Å². The molecule has 0 bridgehead atoms. The number of benzene rings is 1. The molecule has 10 heteroatoms. The van der Waals surface area contributed by atoms with Crippen molar-refractivity contribution in [1.29, 1.82) is 5.41 Å². The van der Waals surface area contributed by atoms with Crippen LogP contribution in [0, 0.1) is 5.41 Å². The maximum absolute atomic E-state index is 12.4. The number of guanidine groups is 1. The van der Waals surface area contributed by atoms with Gasteiger partial charge in [-0.1, -0.05) is 0 Å². The molecule has 1 aliphatic rings. The molecule has 3 N–H and O–H groups in total. The number of hydrogen-bond donors (Lipinski definition) is 2. The first-order valence-electron chi connectivity index (χ1n) is 5.74. The molecule has 0 aliphatic carbocycles. The number of sulfone groups is 1. The standard InChI is InChI=1S/C11H11F3N4O2S/c12-11(13,14)7-1-3-8(4-2-7)21(19,20)9-5-6-18(17-9)10(15)16/h1-4H,5-6H2,(H3,15,16). The normalized spacial score (nSPS) is 16.0. The quantitative estimate of drug-likeness (QED) is 0.603. The van der Waals surface area contributed by atoms with Crippen LogP contribution >= 0.6 is 0 Å². The molecule has 0 radical (unpaired) electrons. The molecule has 1 heterocycles. The molecule has 0 spiro atoms. The molecule has 1 aromatic rings. The lowest BCUT2D eigenvalue weighted by Crippen LogP contribution is -2.29. The molecule has 0 atom stereocenters. The van der Waals surface area contributed by atoms with Gasteiger partial charge in [0, 0.05) is 6.42 Å². The van der Waals surface area contributed by atoms with E-state index in [2.05, 4.69) is 5.10 Å². The smallest absolute Gasteiger partial charge is 0.369 e. The zero-order valence-electron chi connectivity index (χ0n) is 10.6. The summed E-state index contributed by atoms with van der Waals surface area (Å²) in [6.45, 7) is 0.143. The number of nitrogens with one attached hydrogen (secondary N) is 1. The van der Waals surface area contributed by atoms with Crippen LogP contribution in [0.1, 0.15) is 12.0 Å². The average molecular weight is 320 g/mol. The summed E-state index contributed by atoms with van der Waals surface area (Å²) in [5.41, 5.74) is 4.26. The molecule has 0 aromatic heterocycles. The summed E-state index contributed by atoms with van der Waals surface area (Å²) < 4.78 is 61.7. The van der Waals surface area contributed by atoms with Crippen LogP contribution in [0.2, 0.25) is 0 Å². The summed E-state index contributed by atoms with van der Waals surface area (Å²) in [5, 5.41) is 11.6. The van der Waals surface area contributed by atoms with Gasteiger partial charge in [-0.25, -0.2) is 13.4 Å². The fraction of sp³-hybridized carbons (Fsp3) is 0.273. The minimum atomic E-state index is -4.53. The number of nitrogens with zero attached hydrogens (tertiary/aromatic N) is 2. The van der Waals surface area contributed by atoms with Gasteiger partial charge in [-0.15, -0.1) is 0 Å². The van der Waals surface area contributed by atoms with Crippen molar-refractivity contribution in [2.75, 3.05) is 6.54 Å². The molecule has 0 amide bonds. The highest BCUT2D eigenvalue weighted by Gasteiger charge is 2.32. The van der Waals surface area contributed by atoms with Crippen LogP contribution < -0.4 is 5.73 Å². The summed E-state index contributed by atoms with van der Waals surface area (Å²) in [4.78, 5) is -0.278. The highest BCUT2D eigenvalue weighted by Crippen LogP contribution is 2.30. The minimum Gasteiger partial charge on any atom is -0.369 e. The van der Waals surface area contributed by atoms with Gasteiger partial charge in [-0.05, 0) is 24.3 Å². The molecule has 0 saturated heterocycles. The maximum atomic E-state index is 12.4. The lowest BCUT2D eigenvalue weighted by molar-refractivity contribution is -0.137. The van der Waals surface area contributed by atoms with Gasteiger partial charge in [0.15, 0.2) is 5.04 Å². The summed E-state index contributed by atoms with van der Waals surface area (Å²) in [5.74, 6) is -0.396. The van der Waals surface area contributed by atoms with Crippen molar-refractivity contribution in [3.8, 4) is 0 Å². The lowest BCUT2D eigenvalue weighted by Gasteiger charge is -2.09. The Morgan fingerprint density at radius 1 is 1.29 bits per heavy atom. The largest absolute Gasteiger partial charge is 0.416 e. The van der Waals surface area contributed by atoms with Crippen molar-refractivity contribution in [3.05, 3.63) is 29.8 Å². The maximum Gasteiger partial charge on any atom is 0.416 e. The summed E-state index contributed by atoms with van der Waals surface area (Å²) in [6.07, 6.45) is -4.48. The van der Waals surface area contributed by atoms with Gasteiger partial charge in [-0.3, -0.25) is 5.41 Å². The van der Waals surface area contributed by atoms with E-state index in [1.807, 2.05) is 0 Å². The molecule has 21 heavy (non-hydrogen) atoms. The first-order valence-corrected chi connectivity index (χ1v) is 7.22. The highest BCUT2D eigenvalue weighted by molar-refractivity contribution is 8.06. The zero-order valence-corrected chi connectivity index (χ0v) is 11.4. The molecular formula is C11H11F3N4O2S. The Labute approximate surface area is 118 Å². The van der Waals surface area contributed by atoms with E-state index < -0.39 is 27.5 Å². The van der Waals surface area contributed by atoms with E-state index in [-0.39, 0.29) is 22.9 Å². The van der Waals surface area contributed by atoms with Gasteiger partial charge in [0.1, 0.15) is 0 Å². The molecule has 114 valence electrons. The van der Waals surface area contributed by atoms with Crippen molar-refractivity contribution < 1.29 is 21.6 Å². The summed E-state index contributed by atoms with van der Waals surface area (Å²) >= 11 is 0. The van der Waals surface area contributed by atoms with E-state index in [9.17, 15) is 21.6 Å². The Balaban J connectivity index is 2.33. The van der Waals surface area contributed by atoms with Crippen LogP contribution in [0.4, 0.5) is 13.2 Å². The van der Waals surface area contributed by atoms with Crippen LogP contribution in [0.3, 0.4) is 0 Å². The van der Waals surface area contributed by atoms with Gasteiger partial charge in [0.05, 0.1) is 17.0 Å². The van der Waals surface area contributed by atoms with Gasteiger partial charge in [-0.2, -0.15) is 18.3 Å². The van der Waals surface area contributed by atoms with Gasteiger partial charge < -0.3 is 5.73 Å². The third-order valence-corrected chi connectivity index (χ3v) is 4.65. The second-order valence-electron chi connectivity index (χ2n) is 4.28. The van der Waals surface area contributed by atoms with E-state index in [0.717, 1.165) is 17.1 Å². The number of hydrogen-bond acceptors (Lipinski definition) is 4. The Morgan fingerprint density at radius 3 is 2.29 bits per heavy atom. The minimum absolute atomic E-state index is 0.0446. The number of hydrazone groups is 1. The van der Waals surface area contributed by atoms with E-state index in [1.165, 1.54) is 0 Å². The molecule has 6 nitrogen and oxygen atoms in total. The van der Waals surface area contributed by atoms with Crippen LogP contribution in [-0.2, 0) is 16.0 Å². The Hall–Kier alpha value is -2.10.